The third-order valence-electron chi connectivity index (χ3n) is 3.76. The van der Waals surface area contributed by atoms with E-state index in [0.717, 1.165) is 0 Å². The fraction of sp³-hybridized carbons (Fsp3) is 0.167. The smallest absolute Gasteiger partial charge is 0.262 e. The zero-order valence-corrected chi connectivity index (χ0v) is 15.2. The number of carbonyl (C=O) groups is 1. The van der Waals surface area contributed by atoms with Gasteiger partial charge in [-0.15, -0.1) is 6.58 Å². The van der Waals surface area contributed by atoms with Crippen molar-refractivity contribution in [2.45, 2.75) is 11.7 Å². The largest absolute Gasteiger partial charge is 0.348 e. The van der Waals surface area contributed by atoms with Crippen LogP contribution in [-0.4, -0.2) is 25.7 Å². The third kappa shape index (κ3) is 3.55. The maximum atomic E-state index is 12.7. The topological polar surface area (TPSA) is 56.9 Å². The molecule has 1 aromatic carbocycles. The van der Waals surface area contributed by atoms with Gasteiger partial charge < -0.3 is 4.57 Å². The summed E-state index contributed by atoms with van der Waals surface area (Å²) in [6.45, 7) is 4.02. The Balaban J connectivity index is 1.98. The van der Waals surface area contributed by atoms with E-state index >= 15 is 0 Å². The monoisotopic (exact) mass is 373 g/mol. The first-order valence-electron chi connectivity index (χ1n) is 7.59. The Labute approximate surface area is 153 Å². The van der Waals surface area contributed by atoms with Gasteiger partial charge in [0, 0.05) is 24.8 Å². The molecular weight excluding hydrogens is 358 g/mol. The summed E-state index contributed by atoms with van der Waals surface area (Å²) in [5.74, 6) is 0.163. The van der Waals surface area contributed by atoms with Gasteiger partial charge in [-0.2, -0.15) is 0 Å². The minimum atomic E-state index is -0.171. The lowest BCUT2D eigenvalue weighted by atomic mass is 10.2. The standard InChI is InChI=1S/C18H16ClN3O2S/c1-3-8-22-17(24)13-7-6-12(19)10-14(13)20-18(22)25-11-16(23)15-5-4-9-21(15)2/h3-7,9-10H,1,8,11H2,2H3. The number of hydrogen-bond acceptors (Lipinski definition) is 4. The lowest BCUT2D eigenvalue weighted by molar-refractivity contribution is 0.101. The number of fused-ring (bicyclic) bond motifs is 1. The van der Waals surface area contributed by atoms with Gasteiger partial charge in [0.2, 0.25) is 0 Å². The quantitative estimate of drug-likeness (QED) is 0.287. The molecule has 25 heavy (non-hydrogen) atoms. The first kappa shape index (κ1) is 17.5. The van der Waals surface area contributed by atoms with Gasteiger partial charge in [0.05, 0.1) is 22.3 Å². The minimum Gasteiger partial charge on any atom is -0.348 e. The van der Waals surface area contributed by atoms with E-state index < -0.39 is 0 Å². The van der Waals surface area contributed by atoms with Gasteiger partial charge in [0.15, 0.2) is 10.9 Å². The van der Waals surface area contributed by atoms with Gasteiger partial charge in [-0.25, -0.2) is 4.98 Å². The number of benzene rings is 1. The van der Waals surface area contributed by atoms with E-state index in [1.165, 1.54) is 16.3 Å². The summed E-state index contributed by atoms with van der Waals surface area (Å²) in [5, 5.41) is 1.48. The van der Waals surface area contributed by atoms with Crippen LogP contribution in [0.3, 0.4) is 0 Å². The predicted molar refractivity (Wildman–Crippen MR) is 102 cm³/mol. The van der Waals surface area contributed by atoms with Gasteiger partial charge in [-0.3, -0.25) is 14.2 Å². The second-order valence-electron chi connectivity index (χ2n) is 5.48. The number of rotatable bonds is 6. The minimum absolute atomic E-state index is 0.0249. The molecule has 0 unspecified atom stereocenters. The molecule has 5 nitrogen and oxygen atoms in total. The molecule has 0 fully saturated rings. The highest BCUT2D eigenvalue weighted by Gasteiger charge is 2.15. The molecule has 3 rings (SSSR count). The summed E-state index contributed by atoms with van der Waals surface area (Å²) < 4.78 is 3.29. The second-order valence-corrected chi connectivity index (χ2v) is 6.86. The highest BCUT2D eigenvalue weighted by Crippen LogP contribution is 2.21. The van der Waals surface area contributed by atoms with Crippen LogP contribution in [0.4, 0.5) is 0 Å². The molecule has 0 atom stereocenters. The second kappa shape index (κ2) is 7.29. The van der Waals surface area contributed by atoms with Crippen molar-refractivity contribution >= 4 is 40.0 Å². The van der Waals surface area contributed by atoms with E-state index in [9.17, 15) is 9.59 Å². The summed E-state index contributed by atoms with van der Waals surface area (Å²) in [4.78, 5) is 29.6. The van der Waals surface area contributed by atoms with Gasteiger partial charge in [-0.1, -0.05) is 29.4 Å². The summed E-state index contributed by atoms with van der Waals surface area (Å²) in [5.41, 5.74) is 0.968. The third-order valence-corrected chi connectivity index (χ3v) is 4.97. The Bertz CT molecular complexity index is 1020. The van der Waals surface area contributed by atoms with Gasteiger partial charge in [-0.05, 0) is 30.3 Å². The maximum absolute atomic E-state index is 12.7. The molecule has 0 spiro atoms. The lowest BCUT2D eigenvalue weighted by Crippen LogP contribution is -2.23. The Kier molecular flexibility index (Phi) is 5.11. The average Bonchev–Trinajstić information content (AvgIpc) is 3.01. The molecule has 0 aliphatic heterocycles. The van der Waals surface area contributed by atoms with E-state index in [2.05, 4.69) is 11.6 Å². The highest BCUT2D eigenvalue weighted by molar-refractivity contribution is 7.99. The Morgan fingerprint density at radius 2 is 2.20 bits per heavy atom. The molecule has 0 radical (unpaired) electrons. The van der Waals surface area contributed by atoms with E-state index in [0.29, 0.717) is 33.3 Å². The van der Waals surface area contributed by atoms with Gasteiger partial charge in [0.25, 0.3) is 5.56 Å². The van der Waals surface area contributed by atoms with E-state index in [1.54, 1.807) is 34.9 Å². The molecule has 0 aliphatic carbocycles. The van der Waals surface area contributed by atoms with Crippen LogP contribution in [0.5, 0.6) is 0 Å². The van der Waals surface area contributed by atoms with Crippen LogP contribution in [0, 0.1) is 0 Å². The van der Waals surface area contributed by atoms with Crippen molar-refractivity contribution in [2.75, 3.05) is 5.75 Å². The molecule has 0 aliphatic rings. The number of Topliss-reactive ketones (excluding diaryl/α,β-unsaturated/α-hetero) is 1. The molecule has 2 aromatic heterocycles. The van der Waals surface area contributed by atoms with Gasteiger partial charge in [0.1, 0.15) is 0 Å². The van der Waals surface area contributed by atoms with E-state index in [4.69, 9.17) is 11.6 Å². The van der Waals surface area contributed by atoms with E-state index in [-0.39, 0.29) is 17.1 Å². The molecule has 0 N–H and O–H groups in total. The fourth-order valence-electron chi connectivity index (χ4n) is 2.53. The maximum Gasteiger partial charge on any atom is 0.262 e. The van der Waals surface area contributed by atoms with Crippen LogP contribution in [0.2, 0.25) is 5.02 Å². The predicted octanol–water partition coefficient (Wildman–Crippen LogP) is 3.55. The molecule has 2 heterocycles. The highest BCUT2D eigenvalue weighted by atomic mass is 35.5. The Hall–Kier alpha value is -2.31. The van der Waals surface area contributed by atoms with E-state index in [1.807, 2.05) is 19.3 Å². The molecule has 3 aromatic rings. The molecule has 0 saturated carbocycles. The van der Waals surface area contributed by atoms with Crippen molar-refractivity contribution in [3.8, 4) is 0 Å². The summed E-state index contributed by atoms with van der Waals surface area (Å²) in [6.07, 6.45) is 3.45. The van der Waals surface area contributed by atoms with Crippen molar-refractivity contribution in [3.05, 3.63) is 70.3 Å². The molecule has 0 bridgehead atoms. The van der Waals surface area contributed by atoms with Gasteiger partial charge >= 0.3 is 0 Å². The van der Waals surface area contributed by atoms with Crippen molar-refractivity contribution in [1.82, 2.24) is 14.1 Å². The summed E-state index contributed by atoms with van der Waals surface area (Å²) in [6, 6.07) is 8.57. The van der Waals surface area contributed by atoms with Crippen LogP contribution < -0.4 is 5.56 Å². The number of hydrogen-bond donors (Lipinski definition) is 0. The first-order chi connectivity index (χ1) is 12.0. The Morgan fingerprint density at radius 1 is 1.40 bits per heavy atom. The SMILES string of the molecule is C=CCn1c(SCC(=O)c2cccn2C)nc2cc(Cl)ccc2c1=O. The first-order valence-corrected chi connectivity index (χ1v) is 8.96. The average molecular weight is 374 g/mol. The number of nitrogens with zero attached hydrogens (tertiary/aromatic N) is 3. The zero-order chi connectivity index (χ0) is 18.0. The lowest BCUT2D eigenvalue weighted by Gasteiger charge is -2.11. The number of carbonyl (C=O) groups excluding carboxylic acids is 1. The normalized spacial score (nSPS) is 11.0. The van der Waals surface area contributed by atoms with Crippen LogP contribution >= 0.6 is 23.4 Å². The van der Waals surface area contributed by atoms with Crippen molar-refractivity contribution < 1.29 is 4.79 Å². The van der Waals surface area contributed by atoms with Crippen molar-refractivity contribution in [1.29, 1.82) is 0 Å². The number of ketones is 1. The number of allylic oxidation sites excluding steroid dienone is 1. The summed E-state index contributed by atoms with van der Waals surface area (Å²) in [7, 11) is 1.82. The number of aromatic nitrogens is 3. The van der Waals surface area contributed by atoms with Crippen molar-refractivity contribution in [3.63, 3.8) is 0 Å². The fourth-order valence-corrected chi connectivity index (χ4v) is 3.58. The Morgan fingerprint density at radius 3 is 2.88 bits per heavy atom. The van der Waals surface area contributed by atoms with Crippen LogP contribution in [-0.2, 0) is 13.6 Å². The molecular formula is C18H16ClN3O2S. The molecule has 7 heteroatoms. The van der Waals surface area contributed by atoms with Crippen LogP contribution in [0.25, 0.3) is 10.9 Å². The number of thioether (sulfide) groups is 1. The molecule has 128 valence electrons. The van der Waals surface area contributed by atoms with Crippen molar-refractivity contribution in [2.24, 2.45) is 7.05 Å². The zero-order valence-electron chi connectivity index (χ0n) is 13.6. The molecule has 0 saturated heterocycles. The van der Waals surface area contributed by atoms with Crippen LogP contribution in [0.1, 0.15) is 10.5 Å². The van der Waals surface area contributed by atoms with Crippen LogP contribution in [0.15, 0.2) is 59.1 Å². The summed E-state index contributed by atoms with van der Waals surface area (Å²) >= 11 is 7.24. The number of aryl methyl sites for hydroxylation is 1. The number of halogens is 1. The molecule has 0 amide bonds.